The lowest BCUT2D eigenvalue weighted by Crippen LogP contribution is -2.56. The smallest absolute Gasteiger partial charge is 0.243 e. The minimum Gasteiger partial charge on any atom is -0.355 e. The molecule has 65 heavy (non-hydrogen) atoms. The number of halogens is 3. The number of hydrogen-bond donors (Lipinski definition) is 7. The van der Waals surface area contributed by atoms with Crippen LogP contribution in [-0.2, 0) is 57.7 Å². The van der Waals surface area contributed by atoms with Gasteiger partial charge in [-0.05, 0) is 93.4 Å². The summed E-state index contributed by atoms with van der Waals surface area (Å²) in [6.07, 6.45) is 9.91. The number of fused-ring (bicyclic) bond motifs is 2. The quantitative estimate of drug-likeness (QED) is 0.0380. The maximum atomic E-state index is 14.2. The van der Waals surface area contributed by atoms with Crippen LogP contribution in [0.3, 0.4) is 0 Å². The van der Waals surface area contributed by atoms with Crippen molar-refractivity contribution in [1.29, 1.82) is 0 Å². The number of nitrogens with zero attached hydrogens (tertiary/aromatic N) is 1. The fraction of sp³-hybridized carbons (Fsp3) is 0.522. The highest BCUT2D eigenvalue weighted by atomic mass is 79.9. The van der Waals surface area contributed by atoms with Gasteiger partial charge in [-0.2, -0.15) is 0 Å². The Balaban J connectivity index is 1.79. The predicted octanol–water partition coefficient (Wildman–Crippen LogP) is 3.35. The molecule has 3 unspecified atom stereocenters. The average Bonchev–Trinajstić information content (AvgIpc) is 3.31. The van der Waals surface area contributed by atoms with E-state index in [4.69, 9.17) is 6.42 Å². The van der Waals surface area contributed by atoms with Crippen molar-refractivity contribution in [3.05, 3.63) is 65.2 Å². The second-order valence-electron chi connectivity index (χ2n) is 15.5. The SMILES string of the molecule is C#CCNC(=O)C(CCCCNC(=O)CBr)NC(=O)C(CCCCNC(=O)CBr)NC(=O)C(CCCCNC(=O)CBr)NC(=O)CCC(=O)N1Cc2ccccc2CCc2ccccc21. The van der Waals surface area contributed by atoms with E-state index in [0.29, 0.717) is 64.7 Å². The number of para-hydroxylation sites is 1. The van der Waals surface area contributed by atoms with Crippen LogP contribution in [0.1, 0.15) is 87.3 Å². The van der Waals surface area contributed by atoms with E-state index >= 15 is 0 Å². The Morgan fingerprint density at radius 3 is 1.49 bits per heavy atom. The number of nitrogens with one attached hydrogen (secondary N) is 7. The Morgan fingerprint density at radius 2 is 0.985 bits per heavy atom. The lowest BCUT2D eigenvalue weighted by molar-refractivity contribution is -0.134. The summed E-state index contributed by atoms with van der Waals surface area (Å²) in [5, 5.41) is 19.7. The Labute approximate surface area is 406 Å². The van der Waals surface area contributed by atoms with E-state index in [-0.39, 0.29) is 78.3 Å². The van der Waals surface area contributed by atoms with E-state index in [1.807, 2.05) is 42.5 Å². The summed E-state index contributed by atoms with van der Waals surface area (Å²) in [6, 6.07) is 12.5. The van der Waals surface area contributed by atoms with Crippen LogP contribution >= 0.6 is 47.8 Å². The second kappa shape index (κ2) is 31.2. The van der Waals surface area contributed by atoms with Gasteiger partial charge in [-0.1, -0.05) is 96.2 Å². The number of carbonyl (C=O) groups is 8. The number of carbonyl (C=O) groups excluding carboxylic acids is 8. The molecular formula is C46H61Br3N8O8. The molecule has 2 aromatic carbocycles. The number of unbranched alkanes of at least 4 members (excludes halogenated alkanes) is 3. The van der Waals surface area contributed by atoms with Gasteiger partial charge in [-0.15, -0.1) is 6.42 Å². The van der Waals surface area contributed by atoms with E-state index in [0.717, 1.165) is 35.2 Å². The van der Waals surface area contributed by atoms with E-state index in [2.05, 4.69) is 97.0 Å². The summed E-state index contributed by atoms with van der Waals surface area (Å²) in [5.74, 6) is -0.825. The van der Waals surface area contributed by atoms with E-state index < -0.39 is 41.8 Å². The molecule has 19 heteroatoms. The molecule has 3 atom stereocenters. The van der Waals surface area contributed by atoms with Gasteiger partial charge in [-0.25, -0.2) is 0 Å². The Morgan fingerprint density at radius 1 is 0.538 bits per heavy atom. The van der Waals surface area contributed by atoms with E-state index in [1.165, 1.54) is 0 Å². The molecule has 1 aliphatic rings. The first-order chi connectivity index (χ1) is 31.4. The standard InChI is InChI=1S/C46H61Br3N8O8/c1-2-24-53-44(63)35(16-7-10-25-50-40(59)28-47)55-46(65)37(18-9-12-27-52-42(61)30-49)56-45(64)36(17-8-11-26-51-41(60)29-48)54-39(58)22-23-43(62)57-31-34-15-4-3-13-32(34)20-21-33-14-5-6-19-38(33)57/h1,3-6,13-15,19,35-37H,7-12,16-18,20-31H2,(H,50,59)(H,51,60)(H,52,61)(H,53,63)(H,54,58)(H,55,65)(H,56,64). The van der Waals surface area contributed by atoms with E-state index in [1.54, 1.807) is 4.90 Å². The number of rotatable bonds is 28. The molecule has 3 rings (SSSR count). The predicted molar refractivity (Wildman–Crippen MR) is 260 cm³/mol. The largest absolute Gasteiger partial charge is 0.355 e. The molecule has 354 valence electrons. The molecule has 1 aliphatic heterocycles. The summed E-state index contributed by atoms with van der Waals surface area (Å²) in [6.45, 7) is 1.31. The Hall–Kier alpha value is -4.80. The third-order valence-corrected chi connectivity index (χ3v) is 12.2. The number of alkyl halides is 3. The molecule has 7 N–H and O–H groups in total. The lowest BCUT2D eigenvalue weighted by Gasteiger charge is -2.29. The minimum absolute atomic E-state index is 0.0706. The van der Waals surface area contributed by atoms with Gasteiger partial charge >= 0.3 is 0 Å². The third kappa shape index (κ3) is 20.5. The Bertz CT molecular complexity index is 1960. The van der Waals surface area contributed by atoms with Gasteiger partial charge in [0.2, 0.25) is 47.3 Å². The summed E-state index contributed by atoms with van der Waals surface area (Å²) in [7, 11) is 0. The molecule has 0 saturated heterocycles. The van der Waals surface area contributed by atoms with Crippen LogP contribution in [0.2, 0.25) is 0 Å². The minimum atomic E-state index is -1.15. The highest BCUT2D eigenvalue weighted by molar-refractivity contribution is 9.09. The van der Waals surface area contributed by atoms with Crippen LogP contribution in [0.4, 0.5) is 5.69 Å². The van der Waals surface area contributed by atoms with Gasteiger partial charge in [0.1, 0.15) is 18.1 Å². The zero-order valence-corrected chi connectivity index (χ0v) is 41.4. The number of terminal acetylenes is 1. The van der Waals surface area contributed by atoms with Gasteiger partial charge in [0.25, 0.3) is 0 Å². The molecule has 1 heterocycles. The number of benzene rings is 2. The Kier molecular flexibility index (Phi) is 26.2. The van der Waals surface area contributed by atoms with Gasteiger partial charge in [0.05, 0.1) is 29.1 Å². The van der Waals surface area contributed by atoms with Gasteiger partial charge in [0.15, 0.2) is 0 Å². The molecule has 0 bridgehead atoms. The average molecular weight is 1090 g/mol. The maximum absolute atomic E-state index is 14.2. The highest BCUT2D eigenvalue weighted by Gasteiger charge is 2.30. The topological polar surface area (TPSA) is 224 Å². The summed E-state index contributed by atoms with van der Waals surface area (Å²) in [5.41, 5.74) is 4.01. The first kappa shape index (κ1) is 54.5. The fourth-order valence-electron chi connectivity index (χ4n) is 7.17. The van der Waals surface area contributed by atoms with Crippen LogP contribution in [0.5, 0.6) is 0 Å². The van der Waals surface area contributed by atoms with Crippen molar-refractivity contribution in [3.8, 4) is 12.3 Å². The molecule has 0 radical (unpaired) electrons. The highest BCUT2D eigenvalue weighted by Crippen LogP contribution is 2.29. The fourth-order valence-corrected chi connectivity index (χ4v) is 7.76. The molecule has 0 aromatic heterocycles. The first-order valence-electron chi connectivity index (χ1n) is 21.9. The van der Waals surface area contributed by atoms with Crippen molar-refractivity contribution in [2.24, 2.45) is 0 Å². The van der Waals surface area contributed by atoms with Crippen LogP contribution < -0.4 is 42.1 Å². The zero-order valence-electron chi connectivity index (χ0n) is 36.6. The summed E-state index contributed by atoms with van der Waals surface area (Å²) >= 11 is 9.33. The number of aryl methyl sites for hydroxylation is 2. The van der Waals surface area contributed by atoms with Crippen LogP contribution in [0.25, 0.3) is 0 Å². The molecule has 0 fully saturated rings. The summed E-state index contributed by atoms with van der Waals surface area (Å²) in [4.78, 5) is 106. The monoisotopic (exact) mass is 1090 g/mol. The van der Waals surface area contributed by atoms with Crippen LogP contribution in [0, 0.1) is 12.3 Å². The zero-order chi connectivity index (χ0) is 47.4. The number of anilines is 1. The van der Waals surface area contributed by atoms with Crippen molar-refractivity contribution >= 4 is 101 Å². The number of hydrogen-bond acceptors (Lipinski definition) is 8. The van der Waals surface area contributed by atoms with Crippen molar-refractivity contribution in [1.82, 2.24) is 37.2 Å². The van der Waals surface area contributed by atoms with E-state index in [9.17, 15) is 38.4 Å². The van der Waals surface area contributed by atoms with Gasteiger partial charge in [-0.3, -0.25) is 38.4 Å². The molecule has 0 saturated carbocycles. The molecule has 0 aliphatic carbocycles. The van der Waals surface area contributed by atoms with Gasteiger partial charge < -0.3 is 42.1 Å². The summed E-state index contributed by atoms with van der Waals surface area (Å²) < 4.78 is 0. The maximum Gasteiger partial charge on any atom is 0.243 e. The van der Waals surface area contributed by atoms with Crippen molar-refractivity contribution in [2.75, 3.05) is 47.1 Å². The van der Waals surface area contributed by atoms with Crippen LogP contribution in [-0.4, -0.2) is 108 Å². The lowest BCUT2D eigenvalue weighted by atomic mass is 9.95. The van der Waals surface area contributed by atoms with Crippen molar-refractivity contribution in [2.45, 2.75) is 108 Å². The molecular weight excluding hydrogens is 1030 g/mol. The second-order valence-corrected chi connectivity index (χ2v) is 17.2. The molecule has 8 amide bonds. The van der Waals surface area contributed by atoms with Gasteiger partial charge in [0, 0.05) is 38.2 Å². The van der Waals surface area contributed by atoms with Crippen molar-refractivity contribution < 1.29 is 38.4 Å². The van der Waals surface area contributed by atoms with Crippen molar-refractivity contribution in [3.63, 3.8) is 0 Å². The third-order valence-electron chi connectivity index (χ3n) is 10.6. The first-order valence-corrected chi connectivity index (χ1v) is 25.3. The van der Waals surface area contributed by atoms with Crippen LogP contribution in [0.15, 0.2) is 48.5 Å². The molecule has 2 aromatic rings. The number of amides is 8. The normalized spacial score (nSPS) is 13.1. The molecule has 0 spiro atoms. The molecule has 16 nitrogen and oxygen atoms in total.